The fourth-order valence-corrected chi connectivity index (χ4v) is 4.77. The Hall–Kier alpha value is -0.340. The van der Waals surface area contributed by atoms with Gasteiger partial charge in [-0.25, -0.2) is 0 Å². The zero-order valence-electron chi connectivity index (χ0n) is 10.8. The lowest BCUT2D eigenvalue weighted by Crippen LogP contribution is -2.49. The number of hydrogen-bond donors (Lipinski definition) is 1. The smallest absolute Gasteiger partial charge is 0.0513 e. The zero-order valence-corrected chi connectivity index (χ0v) is 11.7. The van der Waals surface area contributed by atoms with Crippen LogP contribution in [-0.2, 0) is 5.54 Å². The van der Waals surface area contributed by atoms with Crippen molar-refractivity contribution in [3.05, 3.63) is 22.4 Å². The second-order valence-electron chi connectivity index (χ2n) is 6.99. The van der Waals surface area contributed by atoms with E-state index in [-0.39, 0.29) is 5.54 Å². The molecule has 2 heteroatoms. The summed E-state index contributed by atoms with van der Waals surface area (Å²) >= 11 is 1.80. The number of nitrogens with two attached hydrogens (primary N) is 1. The van der Waals surface area contributed by atoms with E-state index in [0.29, 0.717) is 10.8 Å². The van der Waals surface area contributed by atoms with Crippen LogP contribution in [0.4, 0.5) is 0 Å². The molecule has 1 heterocycles. The number of thiophene rings is 1. The highest BCUT2D eigenvalue weighted by molar-refractivity contribution is 7.10. The Labute approximate surface area is 103 Å². The van der Waals surface area contributed by atoms with Crippen LogP contribution in [0.5, 0.6) is 0 Å². The summed E-state index contributed by atoms with van der Waals surface area (Å²) in [5.41, 5.74) is 7.27. The van der Waals surface area contributed by atoms with Crippen LogP contribution in [0, 0.1) is 10.8 Å². The quantitative estimate of drug-likeness (QED) is 0.780. The van der Waals surface area contributed by atoms with E-state index in [0.717, 1.165) is 12.8 Å². The first kappa shape index (κ1) is 12.1. The second kappa shape index (κ2) is 3.58. The van der Waals surface area contributed by atoms with E-state index in [4.69, 9.17) is 5.73 Å². The molecule has 1 saturated carbocycles. The summed E-state index contributed by atoms with van der Waals surface area (Å²) in [6.45, 7) is 9.40. The molecule has 1 aliphatic carbocycles. The van der Waals surface area contributed by atoms with E-state index < -0.39 is 0 Å². The van der Waals surface area contributed by atoms with Gasteiger partial charge < -0.3 is 5.73 Å². The molecule has 1 nitrogen and oxygen atoms in total. The summed E-state index contributed by atoms with van der Waals surface area (Å²) in [6, 6.07) is 4.31. The second-order valence-corrected chi connectivity index (χ2v) is 7.94. The summed E-state index contributed by atoms with van der Waals surface area (Å²) < 4.78 is 0. The van der Waals surface area contributed by atoms with Gasteiger partial charge in [-0.05, 0) is 41.5 Å². The molecule has 0 spiro atoms. The fraction of sp³-hybridized carbons (Fsp3) is 0.714. The van der Waals surface area contributed by atoms with Crippen LogP contribution in [0.25, 0.3) is 0 Å². The highest BCUT2D eigenvalue weighted by atomic mass is 32.1. The average Bonchev–Trinajstić information content (AvgIpc) is 2.46. The zero-order chi connectivity index (χ0) is 12.0. The minimum absolute atomic E-state index is 0.112. The van der Waals surface area contributed by atoms with Gasteiger partial charge in [0.15, 0.2) is 0 Å². The van der Waals surface area contributed by atoms with E-state index in [1.165, 1.54) is 11.3 Å². The molecular weight excluding hydrogens is 214 g/mol. The molecule has 1 fully saturated rings. The molecule has 2 N–H and O–H groups in total. The molecule has 0 unspecified atom stereocenters. The molecule has 1 aromatic rings. The van der Waals surface area contributed by atoms with Gasteiger partial charge in [-0.1, -0.05) is 33.8 Å². The van der Waals surface area contributed by atoms with Crippen molar-refractivity contribution in [1.29, 1.82) is 0 Å². The maximum Gasteiger partial charge on any atom is 0.0513 e. The Kier molecular flexibility index (Phi) is 2.71. The molecule has 0 atom stereocenters. The van der Waals surface area contributed by atoms with Gasteiger partial charge in [0, 0.05) is 4.88 Å². The van der Waals surface area contributed by atoms with E-state index in [1.807, 2.05) is 0 Å². The van der Waals surface area contributed by atoms with Crippen LogP contribution in [0.1, 0.15) is 51.8 Å². The highest BCUT2D eigenvalue weighted by Gasteiger charge is 2.46. The van der Waals surface area contributed by atoms with Gasteiger partial charge in [-0.15, -0.1) is 11.3 Å². The van der Waals surface area contributed by atoms with Crippen molar-refractivity contribution in [3.63, 3.8) is 0 Å². The van der Waals surface area contributed by atoms with Crippen LogP contribution in [0.2, 0.25) is 0 Å². The maximum absolute atomic E-state index is 6.69. The van der Waals surface area contributed by atoms with Crippen molar-refractivity contribution >= 4 is 11.3 Å². The van der Waals surface area contributed by atoms with E-state index in [9.17, 15) is 0 Å². The Morgan fingerprint density at radius 3 is 2.06 bits per heavy atom. The minimum atomic E-state index is -0.112. The molecule has 0 aromatic carbocycles. The van der Waals surface area contributed by atoms with Gasteiger partial charge in [-0.3, -0.25) is 0 Å². The lowest BCUT2D eigenvalue weighted by molar-refractivity contribution is 0.0488. The molecule has 90 valence electrons. The Bertz CT molecular complexity index is 346. The van der Waals surface area contributed by atoms with Crippen molar-refractivity contribution in [2.24, 2.45) is 16.6 Å². The van der Waals surface area contributed by atoms with Crippen LogP contribution in [0.3, 0.4) is 0 Å². The summed E-state index contributed by atoms with van der Waals surface area (Å²) in [6.07, 6.45) is 3.47. The van der Waals surface area contributed by atoms with Crippen molar-refractivity contribution in [3.8, 4) is 0 Å². The SMILES string of the molecule is CC1(C)CC(C)(C)CC(N)(c2cccs2)C1. The lowest BCUT2D eigenvalue weighted by Gasteiger charge is -2.50. The van der Waals surface area contributed by atoms with Crippen molar-refractivity contribution < 1.29 is 0 Å². The van der Waals surface area contributed by atoms with Crippen LogP contribution < -0.4 is 5.73 Å². The summed E-state index contributed by atoms with van der Waals surface area (Å²) in [5, 5.41) is 2.14. The molecule has 1 aromatic heterocycles. The van der Waals surface area contributed by atoms with E-state index in [2.05, 4.69) is 45.2 Å². The maximum atomic E-state index is 6.69. The fourth-order valence-electron chi connectivity index (χ4n) is 3.93. The van der Waals surface area contributed by atoms with E-state index >= 15 is 0 Å². The van der Waals surface area contributed by atoms with Crippen LogP contribution >= 0.6 is 11.3 Å². The van der Waals surface area contributed by atoms with Gasteiger partial charge in [0.05, 0.1) is 5.54 Å². The summed E-state index contributed by atoms with van der Waals surface area (Å²) in [5.74, 6) is 0. The topological polar surface area (TPSA) is 26.0 Å². The summed E-state index contributed by atoms with van der Waals surface area (Å²) in [7, 11) is 0. The van der Waals surface area contributed by atoms with Gasteiger partial charge in [0.1, 0.15) is 0 Å². The first-order valence-electron chi connectivity index (χ1n) is 6.06. The molecule has 1 aliphatic rings. The predicted octanol–water partition coefficient (Wildman–Crippen LogP) is 4.14. The Morgan fingerprint density at radius 1 is 1.06 bits per heavy atom. The molecular formula is C14H23NS. The van der Waals surface area contributed by atoms with Gasteiger partial charge >= 0.3 is 0 Å². The van der Waals surface area contributed by atoms with Crippen molar-refractivity contribution in [2.75, 3.05) is 0 Å². The molecule has 0 saturated heterocycles. The van der Waals surface area contributed by atoms with Crippen LogP contribution in [-0.4, -0.2) is 0 Å². The van der Waals surface area contributed by atoms with Crippen molar-refractivity contribution in [1.82, 2.24) is 0 Å². The van der Waals surface area contributed by atoms with Gasteiger partial charge in [-0.2, -0.15) is 0 Å². The van der Waals surface area contributed by atoms with Gasteiger partial charge in [0.2, 0.25) is 0 Å². The molecule has 16 heavy (non-hydrogen) atoms. The number of hydrogen-bond acceptors (Lipinski definition) is 2. The number of rotatable bonds is 1. The third kappa shape index (κ3) is 2.33. The molecule has 0 bridgehead atoms. The highest BCUT2D eigenvalue weighted by Crippen LogP contribution is 2.53. The van der Waals surface area contributed by atoms with E-state index in [1.54, 1.807) is 11.3 Å². The van der Waals surface area contributed by atoms with Crippen molar-refractivity contribution in [2.45, 2.75) is 52.5 Å². The molecule has 0 amide bonds. The first-order chi connectivity index (χ1) is 7.23. The van der Waals surface area contributed by atoms with Crippen LogP contribution in [0.15, 0.2) is 17.5 Å². The third-order valence-corrected chi connectivity index (χ3v) is 4.65. The lowest BCUT2D eigenvalue weighted by atomic mass is 9.58. The third-order valence-electron chi connectivity index (χ3n) is 3.56. The molecule has 0 aliphatic heterocycles. The first-order valence-corrected chi connectivity index (χ1v) is 6.93. The summed E-state index contributed by atoms with van der Waals surface area (Å²) in [4.78, 5) is 1.35. The largest absolute Gasteiger partial charge is 0.321 e. The standard InChI is InChI=1S/C14H23NS/c1-12(2)8-13(3,4)10-14(15,9-12)11-6-5-7-16-11/h5-7H,8-10,15H2,1-4H3. The Balaban J connectivity index is 2.35. The minimum Gasteiger partial charge on any atom is -0.321 e. The predicted molar refractivity (Wildman–Crippen MR) is 71.6 cm³/mol. The Morgan fingerprint density at radius 2 is 1.62 bits per heavy atom. The normalized spacial score (nSPS) is 26.6. The molecule has 0 radical (unpaired) electrons. The van der Waals surface area contributed by atoms with Gasteiger partial charge in [0.25, 0.3) is 0 Å². The average molecular weight is 237 g/mol. The monoisotopic (exact) mass is 237 g/mol. The molecule has 2 rings (SSSR count).